The maximum absolute atomic E-state index is 11.7. The first kappa shape index (κ1) is 20.5. The molecule has 0 aromatic heterocycles. The van der Waals surface area contributed by atoms with Crippen molar-refractivity contribution in [2.24, 2.45) is 4.99 Å². The van der Waals surface area contributed by atoms with E-state index in [1.807, 2.05) is 55.5 Å². The highest BCUT2D eigenvalue weighted by Gasteiger charge is 2.21. The molecule has 27 heavy (non-hydrogen) atoms. The molecule has 0 radical (unpaired) electrons. The zero-order chi connectivity index (χ0) is 19.5. The molecule has 0 spiro atoms. The molecular weight excluding hydrogens is 362 g/mol. The number of carbonyl (C=O) groups is 2. The topological polar surface area (TPSA) is 79.8 Å². The van der Waals surface area contributed by atoms with Gasteiger partial charge in [0.2, 0.25) is 6.41 Å². The molecule has 6 nitrogen and oxygen atoms in total. The molecule has 2 aromatic rings. The van der Waals surface area contributed by atoms with E-state index in [1.165, 1.54) is 4.90 Å². The number of nitrogens with one attached hydrogen (secondary N) is 2. The Bertz CT molecular complexity index is 781. The van der Waals surface area contributed by atoms with Crippen LogP contribution in [0, 0.1) is 0 Å². The molecule has 0 fully saturated rings. The van der Waals surface area contributed by atoms with Crippen LogP contribution < -0.4 is 10.0 Å². The lowest BCUT2D eigenvalue weighted by Crippen LogP contribution is -2.27. The molecule has 3 rings (SSSR count). The molecule has 0 saturated carbocycles. The third-order valence-electron chi connectivity index (χ3n) is 3.64. The Labute approximate surface area is 163 Å². The molecule has 0 bridgehead atoms. The minimum atomic E-state index is -0.439. The molecule has 1 atom stereocenters. The van der Waals surface area contributed by atoms with E-state index in [0.29, 0.717) is 13.0 Å². The van der Waals surface area contributed by atoms with Crippen LogP contribution >= 0.6 is 11.9 Å². The molecule has 2 N–H and O–H groups in total. The second-order valence-electron chi connectivity index (χ2n) is 5.61. The number of aliphatic imine (C=N–C) groups is 1. The first-order valence-corrected chi connectivity index (χ1v) is 9.43. The SMILES string of the molecule is CC1=Nc2ccccc2SN1.CCOC(=O)C(CNC=O)c1ccccc1. The van der Waals surface area contributed by atoms with Crippen molar-refractivity contribution in [3.8, 4) is 0 Å². The summed E-state index contributed by atoms with van der Waals surface area (Å²) >= 11 is 1.62. The summed E-state index contributed by atoms with van der Waals surface area (Å²) in [4.78, 5) is 27.5. The van der Waals surface area contributed by atoms with Crippen molar-refractivity contribution in [2.45, 2.75) is 24.7 Å². The summed E-state index contributed by atoms with van der Waals surface area (Å²) in [7, 11) is 0. The van der Waals surface area contributed by atoms with E-state index in [0.717, 1.165) is 17.1 Å². The Hall–Kier alpha value is -2.80. The number of fused-ring (bicyclic) bond motifs is 1. The Balaban J connectivity index is 0.000000206. The summed E-state index contributed by atoms with van der Waals surface area (Å²) in [6.07, 6.45) is 0.579. The number of carbonyl (C=O) groups excluding carboxylic acids is 2. The van der Waals surface area contributed by atoms with Gasteiger partial charge in [0.15, 0.2) is 0 Å². The van der Waals surface area contributed by atoms with E-state index in [4.69, 9.17) is 4.74 Å². The Kier molecular flexibility index (Phi) is 8.38. The summed E-state index contributed by atoms with van der Waals surface area (Å²) in [5, 5.41) is 2.50. The lowest BCUT2D eigenvalue weighted by atomic mass is 9.99. The standard InChI is InChI=1S/C12H15NO3.C8H8N2S/c1-2-16-12(15)11(8-13-9-14)10-6-4-3-5-7-10;1-6-9-7-4-2-3-5-8(7)11-10-6/h3-7,9,11H,2,8H2,1H3,(H,13,14);2-5H,1H3,(H,9,10). The monoisotopic (exact) mass is 385 g/mol. The van der Waals surface area contributed by atoms with Crippen molar-refractivity contribution in [1.29, 1.82) is 0 Å². The fourth-order valence-electron chi connectivity index (χ4n) is 2.40. The van der Waals surface area contributed by atoms with E-state index in [9.17, 15) is 9.59 Å². The number of hydrogen-bond acceptors (Lipinski definition) is 6. The molecule has 0 aliphatic carbocycles. The van der Waals surface area contributed by atoms with Gasteiger partial charge in [0.05, 0.1) is 23.1 Å². The lowest BCUT2D eigenvalue weighted by Gasteiger charge is -2.15. The number of amides is 1. The van der Waals surface area contributed by atoms with Crippen LogP contribution in [0.25, 0.3) is 0 Å². The third kappa shape index (κ3) is 6.45. The van der Waals surface area contributed by atoms with E-state index in [2.05, 4.69) is 21.1 Å². The number of nitrogens with zero attached hydrogens (tertiary/aromatic N) is 1. The fourth-order valence-corrected chi connectivity index (χ4v) is 3.07. The highest BCUT2D eigenvalue weighted by atomic mass is 32.2. The van der Waals surface area contributed by atoms with Gasteiger partial charge in [-0.3, -0.25) is 9.59 Å². The zero-order valence-electron chi connectivity index (χ0n) is 15.3. The van der Waals surface area contributed by atoms with Gasteiger partial charge in [-0.05, 0) is 43.5 Å². The van der Waals surface area contributed by atoms with Gasteiger partial charge in [0, 0.05) is 6.54 Å². The summed E-state index contributed by atoms with van der Waals surface area (Å²) in [6, 6.07) is 17.4. The predicted molar refractivity (Wildman–Crippen MR) is 108 cm³/mol. The van der Waals surface area contributed by atoms with E-state index in [-0.39, 0.29) is 12.5 Å². The second-order valence-corrected chi connectivity index (χ2v) is 6.46. The van der Waals surface area contributed by atoms with E-state index >= 15 is 0 Å². The van der Waals surface area contributed by atoms with Crippen LogP contribution in [0.4, 0.5) is 5.69 Å². The highest BCUT2D eigenvalue weighted by molar-refractivity contribution is 7.98. The normalized spacial score (nSPS) is 12.9. The smallest absolute Gasteiger partial charge is 0.315 e. The van der Waals surface area contributed by atoms with Crippen LogP contribution in [0.1, 0.15) is 25.3 Å². The summed E-state index contributed by atoms with van der Waals surface area (Å²) in [5.74, 6) is 0.211. The summed E-state index contributed by atoms with van der Waals surface area (Å²) in [5.41, 5.74) is 1.91. The van der Waals surface area contributed by atoms with Gasteiger partial charge in [-0.25, -0.2) is 4.99 Å². The summed E-state index contributed by atoms with van der Waals surface area (Å²) in [6.45, 7) is 4.31. The number of para-hydroxylation sites is 1. The minimum Gasteiger partial charge on any atom is -0.465 e. The van der Waals surface area contributed by atoms with Crippen LogP contribution in [-0.4, -0.2) is 31.4 Å². The molecule has 1 unspecified atom stereocenters. The maximum Gasteiger partial charge on any atom is 0.315 e. The molecule has 2 aromatic carbocycles. The van der Waals surface area contributed by atoms with Crippen LogP contribution in [0.15, 0.2) is 64.5 Å². The predicted octanol–water partition coefficient (Wildman–Crippen LogP) is 3.43. The number of esters is 1. The van der Waals surface area contributed by atoms with E-state index < -0.39 is 5.92 Å². The highest BCUT2D eigenvalue weighted by Crippen LogP contribution is 2.30. The molecule has 1 heterocycles. The molecule has 1 aliphatic rings. The van der Waals surface area contributed by atoms with Crippen molar-refractivity contribution in [3.63, 3.8) is 0 Å². The van der Waals surface area contributed by atoms with Crippen molar-refractivity contribution in [2.75, 3.05) is 13.2 Å². The largest absolute Gasteiger partial charge is 0.465 e. The number of amidine groups is 1. The van der Waals surface area contributed by atoms with Gasteiger partial charge in [0.1, 0.15) is 5.84 Å². The van der Waals surface area contributed by atoms with Crippen molar-refractivity contribution >= 4 is 35.9 Å². The molecule has 0 saturated heterocycles. The molecular formula is C20H23N3O3S. The fraction of sp³-hybridized carbons (Fsp3) is 0.250. The molecule has 1 aliphatic heterocycles. The van der Waals surface area contributed by atoms with Crippen LogP contribution in [0.2, 0.25) is 0 Å². The summed E-state index contributed by atoms with van der Waals surface area (Å²) < 4.78 is 8.07. The number of benzene rings is 2. The van der Waals surface area contributed by atoms with E-state index in [1.54, 1.807) is 18.9 Å². The Morgan fingerprint density at radius 3 is 2.63 bits per heavy atom. The maximum atomic E-state index is 11.7. The zero-order valence-corrected chi connectivity index (χ0v) is 16.2. The van der Waals surface area contributed by atoms with Crippen molar-refractivity contribution in [3.05, 3.63) is 60.2 Å². The second kappa shape index (κ2) is 11.0. The Morgan fingerprint density at radius 2 is 1.93 bits per heavy atom. The third-order valence-corrected chi connectivity index (χ3v) is 4.60. The quantitative estimate of drug-likeness (QED) is 0.452. The lowest BCUT2D eigenvalue weighted by molar-refractivity contribution is -0.144. The number of rotatable bonds is 6. The average Bonchev–Trinajstić information content (AvgIpc) is 2.70. The van der Waals surface area contributed by atoms with Gasteiger partial charge >= 0.3 is 5.97 Å². The van der Waals surface area contributed by atoms with Gasteiger partial charge in [0.25, 0.3) is 0 Å². The molecule has 1 amide bonds. The first-order chi connectivity index (χ1) is 13.2. The Morgan fingerprint density at radius 1 is 1.22 bits per heavy atom. The molecule has 142 valence electrons. The van der Waals surface area contributed by atoms with Crippen LogP contribution in [0.3, 0.4) is 0 Å². The van der Waals surface area contributed by atoms with Gasteiger partial charge < -0.3 is 14.8 Å². The van der Waals surface area contributed by atoms with Crippen LogP contribution in [-0.2, 0) is 14.3 Å². The van der Waals surface area contributed by atoms with Crippen molar-refractivity contribution in [1.82, 2.24) is 10.0 Å². The average molecular weight is 385 g/mol. The number of ether oxygens (including phenoxy) is 1. The molecule has 7 heteroatoms. The minimum absolute atomic E-state index is 0.256. The van der Waals surface area contributed by atoms with Gasteiger partial charge in [-0.1, -0.05) is 42.5 Å². The van der Waals surface area contributed by atoms with Crippen LogP contribution in [0.5, 0.6) is 0 Å². The van der Waals surface area contributed by atoms with Crippen molar-refractivity contribution < 1.29 is 14.3 Å². The first-order valence-electron chi connectivity index (χ1n) is 8.61. The number of hydrogen-bond donors (Lipinski definition) is 2. The van der Waals surface area contributed by atoms with Gasteiger partial charge in [-0.2, -0.15) is 0 Å². The van der Waals surface area contributed by atoms with Gasteiger partial charge in [-0.15, -0.1) is 0 Å².